The first-order chi connectivity index (χ1) is 12.3. The summed E-state index contributed by atoms with van der Waals surface area (Å²) in [6, 6.07) is -0.850. The number of carboxylic acids is 1. The lowest BCUT2D eigenvalue weighted by atomic mass is 10.0. The Labute approximate surface area is 157 Å². The third-order valence-electron chi connectivity index (χ3n) is 3.90. The molecule has 9 nitrogen and oxygen atoms in total. The first kappa shape index (κ1) is 18.4. The van der Waals surface area contributed by atoms with Crippen LogP contribution < -0.4 is 10.4 Å². The quantitative estimate of drug-likeness (QED) is 0.394. The van der Waals surface area contributed by atoms with E-state index in [4.69, 9.17) is 4.84 Å². The van der Waals surface area contributed by atoms with Crippen molar-refractivity contribution in [3.8, 4) is 0 Å². The van der Waals surface area contributed by atoms with Gasteiger partial charge in [0.15, 0.2) is 5.71 Å². The normalized spacial score (nSPS) is 22.7. The van der Waals surface area contributed by atoms with Gasteiger partial charge in [0.05, 0.1) is 16.7 Å². The standard InChI is InChI=1S/C15H16N4O5S2/c1-6-4-26-14-10(13(21)19(14)11(6)15(22)23)17-12(20)9(18-24-3)8-5-25-7(2)16-8/h5,10,14H,4H2,1-3H3,(H,17,20)(H,22,23)/p-1/b18-9-. The summed E-state index contributed by atoms with van der Waals surface area (Å²) in [6.07, 6.45) is 0. The minimum atomic E-state index is -1.40. The molecule has 11 heteroatoms. The highest BCUT2D eigenvalue weighted by molar-refractivity contribution is 8.00. The molecule has 1 aromatic heterocycles. The average Bonchev–Trinajstić information content (AvgIpc) is 3.02. The molecule has 1 fully saturated rings. The Hall–Kier alpha value is -2.40. The molecule has 0 aromatic carbocycles. The summed E-state index contributed by atoms with van der Waals surface area (Å²) in [5.41, 5.74) is 0.739. The molecule has 2 aliphatic heterocycles. The molecule has 1 aromatic rings. The average molecular weight is 395 g/mol. The molecule has 0 spiro atoms. The zero-order valence-electron chi connectivity index (χ0n) is 14.1. The maximum Gasteiger partial charge on any atom is 0.276 e. The monoisotopic (exact) mass is 395 g/mol. The van der Waals surface area contributed by atoms with Crippen LogP contribution in [0.5, 0.6) is 0 Å². The molecule has 3 rings (SSSR count). The fourth-order valence-electron chi connectivity index (χ4n) is 2.74. The number of nitrogens with zero attached hydrogens (tertiary/aromatic N) is 3. The molecule has 0 aliphatic carbocycles. The van der Waals surface area contributed by atoms with Gasteiger partial charge in [0.1, 0.15) is 24.2 Å². The Morgan fingerprint density at radius 3 is 2.77 bits per heavy atom. The largest absolute Gasteiger partial charge is 0.543 e. The lowest BCUT2D eigenvalue weighted by molar-refractivity contribution is -0.301. The van der Waals surface area contributed by atoms with E-state index in [0.717, 1.165) is 9.91 Å². The molecule has 2 unspecified atom stereocenters. The van der Waals surface area contributed by atoms with Gasteiger partial charge < -0.3 is 20.1 Å². The number of carboxylic acid groups (broad SMARTS) is 1. The number of oxime groups is 1. The Balaban J connectivity index is 1.78. The maximum atomic E-state index is 12.6. The number of aromatic nitrogens is 1. The van der Waals surface area contributed by atoms with E-state index in [-0.39, 0.29) is 11.4 Å². The Bertz CT molecular complexity index is 847. The van der Waals surface area contributed by atoms with E-state index in [9.17, 15) is 19.5 Å². The summed E-state index contributed by atoms with van der Waals surface area (Å²) in [4.78, 5) is 46.3. The van der Waals surface area contributed by atoms with Gasteiger partial charge in [-0.2, -0.15) is 0 Å². The van der Waals surface area contributed by atoms with Crippen molar-refractivity contribution in [2.75, 3.05) is 12.9 Å². The fraction of sp³-hybridized carbons (Fsp3) is 0.400. The zero-order chi connectivity index (χ0) is 19.0. The number of rotatable bonds is 5. The third-order valence-corrected chi connectivity index (χ3v) is 6.10. The van der Waals surface area contributed by atoms with Gasteiger partial charge in [-0.3, -0.25) is 14.5 Å². The van der Waals surface area contributed by atoms with Crippen molar-refractivity contribution in [1.29, 1.82) is 0 Å². The van der Waals surface area contributed by atoms with Gasteiger partial charge in [-0.1, -0.05) is 5.16 Å². The van der Waals surface area contributed by atoms with Crippen molar-refractivity contribution in [3.05, 3.63) is 27.4 Å². The molecule has 0 saturated carbocycles. The van der Waals surface area contributed by atoms with Crippen molar-refractivity contribution in [1.82, 2.24) is 15.2 Å². The molecule has 2 atom stereocenters. The van der Waals surface area contributed by atoms with Gasteiger partial charge in [-0.25, -0.2) is 4.98 Å². The van der Waals surface area contributed by atoms with Gasteiger partial charge in [-0.15, -0.1) is 23.1 Å². The fourth-order valence-corrected chi connectivity index (χ4v) is 4.63. The second-order valence-electron chi connectivity index (χ2n) is 5.65. The lowest BCUT2D eigenvalue weighted by Gasteiger charge is -2.50. The number of β-lactam (4-membered cyclic amide) rings is 1. The van der Waals surface area contributed by atoms with Gasteiger partial charge in [0, 0.05) is 11.1 Å². The van der Waals surface area contributed by atoms with Crippen LogP contribution in [0.1, 0.15) is 17.6 Å². The molecule has 1 N–H and O–H groups in total. The van der Waals surface area contributed by atoms with Crippen molar-refractivity contribution in [2.45, 2.75) is 25.3 Å². The molecule has 2 aliphatic rings. The number of carbonyl (C=O) groups is 3. The molecule has 2 amide bonds. The summed E-state index contributed by atoms with van der Waals surface area (Å²) in [6.45, 7) is 3.43. The molecule has 0 radical (unpaired) electrons. The molecule has 26 heavy (non-hydrogen) atoms. The molecular formula is C15H15N4O5S2-. The van der Waals surface area contributed by atoms with Crippen molar-refractivity contribution < 1.29 is 24.3 Å². The summed E-state index contributed by atoms with van der Waals surface area (Å²) in [7, 11) is 1.30. The van der Waals surface area contributed by atoms with E-state index in [1.807, 2.05) is 0 Å². The number of carbonyl (C=O) groups excluding carboxylic acids is 3. The summed E-state index contributed by atoms with van der Waals surface area (Å²) >= 11 is 2.73. The Kier molecular flexibility index (Phi) is 5.01. The topological polar surface area (TPSA) is 124 Å². The number of thioether (sulfide) groups is 1. The van der Waals surface area contributed by atoms with Crippen LogP contribution in [0, 0.1) is 6.92 Å². The van der Waals surface area contributed by atoms with Crippen LogP contribution in [0.25, 0.3) is 0 Å². The Morgan fingerprint density at radius 1 is 1.46 bits per heavy atom. The number of aryl methyl sites for hydroxylation is 1. The van der Waals surface area contributed by atoms with E-state index >= 15 is 0 Å². The smallest absolute Gasteiger partial charge is 0.276 e. The van der Waals surface area contributed by atoms with E-state index in [1.165, 1.54) is 30.2 Å². The highest BCUT2D eigenvalue weighted by Crippen LogP contribution is 2.39. The van der Waals surface area contributed by atoms with Gasteiger partial charge in [0.25, 0.3) is 11.8 Å². The highest BCUT2D eigenvalue weighted by atomic mass is 32.2. The lowest BCUT2D eigenvalue weighted by Crippen LogP contribution is -2.71. The zero-order valence-corrected chi connectivity index (χ0v) is 15.8. The molecule has 1 saturated heterocycles. The number of hydrogen-bond donors (Lipinski definition) is 1. The van der Waals surface area contributed by atoms with Gasteiger partial charge in [-0.05, 0) is 19.4 Å². The SMILES string of the molecule is CO/N=C(\C(=O)NC1C(=O)N2C(C(=O)[O-])=C(C)CSC12)c1csc(C)n1. The number of thiazole rings is 1. The minimum absolute atomic E-state index is 0.0456. The van der Waals surface area contributed by atoms with Crippen LogP contribution in [0.3, 0.4) is 0 Å². The maximum absolute atomic E-state index is 12.6. The minimum Gasteiger partial charge on any atom is -0.543 e. The van der Waals surface area contributed by atoms with Crippen LogP contribution in [0.15, 0.2) is 21.8 Å². The third kappa shape index (κ3) is 3.07. The van der Waals surface area contributed by atoms with E-state index in [2.05, 4.69) is 15.5 Å². The van der Waals surface area contributed by atoms with E-state index in [1.54, 1.807) is 19.2 Å². The van der Waals surface area contributed by atoms with Crippen LogP contribution in [0.2, 0.25) is 0 Å². The summed E-state index contributed by atoms with van der Waals surface area (Å²) in [5, 5.41) is 19.5. The Morgan fingerprint density at radius 2 is 2.19 bits per heavy atom. The van der Waals surface area contributed by atoms with Crippen LogP contribution >= 0.6 is 23.1 Å². The van der Waals surface area contributed by atoms with Crippen molar-refractivity contribution in [2.24, 2.45) is 5.16 Å². The highest BCUT2D eigenvalue weighted by Gasteiger charge is 2.52. The molecule has 3 heterocycles. The van der Waals surface area contributed by atoms with Crippen LogP contribution in [0.4, 0.5) is 0 Å². The first-order valence-corrected chi connectivity index (χ1v) is 9.48. The van der Waals surface area contributed by atoms with Crippen LogP contribution in [-0.4, -0.2) is 57.7 Å². The van der Waals surface area contributed by atoms with Crippen molar-refractivity contribution >= 4 is 46.6 Å². The van der Waals surface area contributed by atoms with Crippen LogP contribution in [-0.2, 0) is 19.2 Å². The van der Waals surface area contributed by atoms with Crippen molar-refractivity contribution in [3.63, 3.8) is 0 Å². The second-order valence-corrected chi connectivity index (χ2v) is 7.82. The second kappa shape index (κ2) is 7.08. The predicted octanol–water partition coefficient (Wildman–Crippen LogP) is -0.774. The predicted molar refractivity (Wildman–Crippen MR) is 93.1 cm³/mol. The first-order valence-electron chi connectivity index (χ1n) is 7.55. The number of amides is 2. The number of fused-ring (bicyclic) bond motifs is 1. The molecular weight excluding hydrogens is 380 g/mol. The van der Waals surface area contributed by atoms with Gasteiger partial charge >= 0.3 is 0 Å². The number of nitrogens with one attached hydrogen (secondary N) is 1. The van der Waals surface area contributed by atoms with Gasteiger partial charge in [0.2, 0.25) is 0 Å². The summed E-state index contributed by atoms with van der Waals surface area (Å²) in [5.74, 6) is -2.07. The number of aliphatic carboxylic acids is 1. The molecule has 0 bridgehead atoms. The molecule has 138 valence electrons. The summed E-state index contributed by atoms with van der Waals surface area (Å²) < 4.78 is 0. The van der Waals surface area contributed by atoms with E-state index < -0.39 is 29.2 Å². The van der Waals surface area contributed by atoms with E-state index in [0.29, 0.717) is 17.0 Å². The number of hydrogen-bond acceptors (Lipinski definition) is 9.